The van der Waals surface area contributed by atoms with E-state index in [4.69, 9.17) is 4.98 Å². The van der Waals surface area contributed by atoms with Gasteiger partial charge in [-0.05, 0) is 43.4 Å². The summed E-state index contributed by atoms with van der Waals surface area (Å²) in [6.07, 6.45) is 2.73. The van der Waals surface area contributed by atoms with Gasteiger partial charge in [0.25, 0.3) is 5.91 Å². The zero-order valence-electron chi connectivity index (χ0n) is 14.1. The molecule has 118 valence electrons. The van der Waals surface area contributed by atoms with Gasteiger partial charge in [-0.1, -0.05) is 39.0 Å². The molecular formula is C19H26N2O. The second-order valence-corrected chi connectivity index (χ2v) is 5.53. The molecule has 0 aliphatic rings. The van der Waals surface area contributed by atoms with Crippen LogP contribution in [0, 0.1) is 0 Å². The highest BCUT2D eigenvalue weighted by Gasteiger charge is 2.21. The quantitative estimate of drug-likeness (QED) is 0.799. The van der Waals surface area contributed by atoms with Gasteiger partial charge in [-0.2, -0.15) is 0 Å². The smallest absolute Gasteiger partial charge is 0.272 e. The minimum absolute atomic E-state index is 0.0710. The molecule has 0 aliphatic carbocycles. The highest BCUT2D eigenvalue weighted by molar-refractivity contribution is 5.98. The molecule has 2 rings (SSSR count). The molecule has 1 aromatic heterocycles. The molecule has 1 amide bonds. The van der Waals surface area contributed by atoms with Crippen molar-refractivity contribution in [2.45, 2.75) is 47.0 Å². The Labute approximate surface area is 133 Å². The molecule has 0 radical (unpaired) electrons. The monoisotopic (exact) mass is 298 g/mol. The number of aromatic nitrogens is 1. The molecule has 0 saturated heterocycles. The molecule has 0 N–H and O–H groups in total. The first-order chi connectivity index (χ1) is 10.7. The molecule has 2 aromatic rings. The lowest BCUT2D eigenvalue weighted by atomic mass is 9.96. The van der Waals surface area contributed by atoms with Gasteiger partial charge in [0.05, 0.1) is 5.52 Å². The summed E-state index contributed by atoms with van der Waals surface area (Å²) in [5.74, 6) is 0.0710. The third kappa shape index (κ3) is 2.99. The van der Waals surface area contributed by atoms with E-state index in [1.54, 1.807) is 0 Å². The second-order valence-electron chi connectivity index (χ2n) is 5.53. The number of pyridine rings is 1. The van der Waals surface area contributed by atoms with E-state index in [-0.39, 0.29) is 5.91 Å². The zero-order chi connectivity index (χ0) is 16.1. The third-order valence-corrected chi connectivity index (χ3v) is 4.18. The molecule has 0 bridgehead atoms. The molecule has 22 heavy (non-hydrogen) atoms. The number of para-hydroxylation sites is 1. The van der Waals surface area contributed by atoms with E-state index in [0.29, 0.717) is 5.69 Å². The Hall–Kier alpha value is -1.90. The van der Waals surface area contributed by atoms with Gasteiger partial charge < -0.3 is 4.90 Å². The van der Waals surface area contributed by atoms with Crippen molar-refractivity contribution >= 4 is 16.8 Å². The van der Waals surface area contributed by atoms with E-state index in [9.17, 15) is 4.79 Å². The highest BCUT2D eigenvalue weighted by Crippen LogP contribution is 2.25. The average molecular weight is 298 g/mol. The van der Waals surface area contributed by atoms with E-state index >= 15 is 0 Å². The molecule has 1 aromatic carbocycles. The van der Waals surface area contributed by atoms with E-state index < -0.39 is 0 Å². The number of benzene rings is 1. The summed E-state index contributed by atoms with van der Waals surface area (Å²) in [5.41, 5.74) is 3.95. The maximum absolute atomic E-state index is 12.9. The van der Waals surface area contributed by atoms with Crippen molar-refractivity contribution in [2.24, 2.45) is 0 Å². The average Bonchev–Trinajstić information content (AvgIpc) is 2.57. The standard InChI is InChI=1S/C19H26N2O/c1-5-13-21(8-4)19(22)18-15(7-3)14(6-2)16-11-9-10-12-17(16)20-18/h9-12H,5-8,13H2,1-4H3. The van der Waals surface area contributed by atoms with Crippen molar-refractivity contribution in [3.8, 4) is 0 Å². The fourth-order valence-electron chi connectivity index (χ4n) is 3.10. The van der Waals surface area contributed by atoms with Crippen molar-refractivity contribution in [1.29, 1.82) is 0 Å². The van der Waals surface area contributed by atoms with Crippen LogP contribution < -0.4 is 0 Å². The summed E-state index contributed by atoms with van der Waals surface area (Å²) in [4.78, 5) is 19.5. The summed E-state index contributed by atoms with van der Waals surface area (Å²) in [6, 6.07) is 8.14. The fourth-order valence-corrected chi connectivity index (χ4v) is 3.10. The second kappa shape index (κ2) is 7.39. The van der Waals surface area contributed by atoms with Crippen molar-refractivity contribution in [1.82, 2.24) is 9.88 Å². The molecular weight excluding hydrogens is 272 g/mol. The first-order valence-corrected chi connectivity index (χ1v) is 8.37. The predicted molar refractivity (Wildman–Crippen MR) is 92.4 cm³/mol. The summed E-state index contributed by atoms with van der Waals surface area (Å²) in [7, 11) is 0. The highest BCUT2D eigenvalue weighted by atomic mass is 16.2. The van der Waals surface area contributed by atoms with Crippen molar-refractivity contribution < 1.29 is 4.79 Å². The first-order valence-electron chi connectivity index (χ1n) is 8.37. The number of rotatable bonds is 6. The molecule has 0 spiro atoms. The summed E-state index contributed by atoms with van der Waals surface area (Å²) in [6.45, 7) is 9.90. The third-order valence-electron chi connectivity index (χ3n) is 4.18. The minimum atomic E-state index is 0.0710. The maximum Gasteiger partial charge on any atom is 0.272 e. The Bertz CT molecular complexity index is 664. The van der Waals surface area contributed by atoms with Crippen LogP contribution in [0.15, 0.2) is 24.3 Å². The van der Waals surface area contributed by atoms with Crippen LogP contribution in [-0.2, 0) is 12.8 Å². The number of hydrogen-bond acceptors (Lipinski definition) is 2. The lowest BCUT2D eigenvalue weighted by Crippen LogP contribution is -2.33. The van der Waals surface area contributed by atoms with Crippen LogP contribution in [-0.4, -0.2) is 28.9 Å². The normalized spacial score (nSPS) is 10.9. The molecule has 3 heteroatoms. The molecule has 0 saturated carbocycles. The van der Waals surface area contributed by atoms with Crippen LogP contribution in [0.25, 0.3) is 10.9 Å². The van der Waals surface area contributed by atoms with Gasteiger partial charge in [0, 0.05) is 18.5 Å². The number of aryl methyl sites for hydroxylation is 1. The molecule has 0 fully saturated rings. The zero-order valence-corrected chi connectivity index (χ0v) is 14.1. The number of amides is 1. The van der Waals surface area contributed by atoms with Crippen LogP contribution in [0.3, 0.4) is 0 Å². The van der Waals surface area contributed by atoms with Gasteiger partial charge in [-0.25, -0.2) is 4.98 Å². The lowest BCUT2D eigenvalue weighted by molar-refractivity contribution is 0.0757. The van der Waals surface area contributed by atoms with Gasteiger partial charge in [-0.3, -0.25) is 4.79 Å². The Morgan fingerprint density at radius 3 is 2.32 bits per heavy atom. The molecule has 0 unspecified atom stereocenters. The number of nitrogens with zero attached hydrogens (tertiary/aromatic N) is 2. The van der Waals surface area contributed by atoms with E-state index in [2.05, 4.69) is 26.8 Å². The molecule has 0 atom stereocenters. The lowest BCUT2D eigenvalue weighted by Gasteiger charge is -2.22. The fraction of sp³-hybridized carbons (Fsp3) is 0.474. The van der Waals surface area contributed by atoms with E-state index in [1.807, 2.05) is 30.0 Å². The van der Waals surface area contributed by atoms with Crippen LogP contribution >= 0.6 is 0 Å². The van der Waals surface area contributed by atoms with Gasteiger partial charge in [0.1, 0.15) is 5.69 Å². The first kappa shape index (κ1) is 16.5. The minimum Gasteiger partial charge on any atom is -0.338 e. The van der Waals surface area contributed by atoms with Crippen LogP contribution in [0.5, 0.6) is 0 Å². The molecule has 0 aliphatic heterocycles. The van der Waals surface area contributed by atoms with Crippen LogP contribution in [0.1, 0.15) is 55.7 Å². The Kier molecular flexibility index (Phi) is 5.53. The van der Waals surface area contributed by atoms with E-state index in [0.717, 1.165) is 43.4 Å². The summed E-state index contributed by atoms with van der Waals surface area (Å²) in [5, 5.41) is 1.18. The number of carbonyl (C=O) groups excluding carboxylic acids is 1. The maximum atomic E-state index is 12.9. The van der Waals surface area contributed by atoms with Gasteiger partial charge >= 0.3 is 0 Å². The van der Waals surface area contributed by atoms with Crippen LogP contribution in [0.2, 0.25) is 0 Å². The Balaban J connectivity index is 2.64. The van der Waals surface area contributed by atoms with Crippen LogP contribution in [0.4, 0.5) is 0 Å². The van der Waals surface area contributed by atoms with E-state index in [1.165, 1.54) is 10.9 Å². The van der Waals surface area contributed by atoms with Gasteiger partial charge in [0.15, 0.2) is 0 Å². The summed E-state index contributed by atoms with van der Waals surface area (Å²) < 4.78 is 0. The molecule has 1 heterocycles. The predicted octanol–water partition coefficient (Wildman–Crippen LogP) is 4.23. The number of hydrogen-bond donors (Lipinski definition) is 0. The Morgan fingerprint density at radius 2 is 1.73 bits per heavy atom. The van der Waals surface area contributed by atoms with Gasteiger partial charge in [0.2, 0.25) is 0 Å². The van der Waals surface area contributed by atoms with Crippen molar-refractivity contribution in [3.63, 3.8) is 0 Å². The Morgan fingerprint density at radius 1 is 1.05 bits per heavy atom. The number of carbonyl (C=O) groups is 1. The SMILES string of the molecule is CCCN(CC)C(=O)c1nc2ccccc2c(CC)c1CC. The van der Waals surface area contributed by atoms with Crippen molar-refractivity contribution in [2.75, 3.05) is 13.1 Å². The van der Waals surface area contributed by atoms with Crippen molar-refractivity contribution in [3.05, 3.63) is 41.1 Å². The summed E-state index contributed by atoms with van der Waals surface area (Å²) >= 11 is 0. The molecule has 3 nitrogen and oxygen atoms in total. The topological polar surface area (TPSA) is 33.2 Å². The largest absolute Gasteiger partial charge is 0.338 e. The number of fused-ring (bicyclic) bond motifs is 1. The van der Waals surface area contributed by atoms with Gasteiger partial charge in [-0.15, -0.1) is 0 Å².